The number of hydrogen-bond acceptors (Lipinski definition) is 5. The fraction of sp³-hybridized carbons (Fsp3) is 0.333. The van der Waals surface area contributed by atoms with Crippen LogP contribution in [0.25, 0.3) is 0 Å². The molecule has 1 aromatic carbocycles. The zero-order chi connectivity index (χ0) is 12.3. The number of nitro groups is 1. The molecule has 16 heavy (non-hydrogen) atoms. The molecular formula is C9H12ClN3O3. The molecule has 1 aromatic rings. The third kappa shape index (κ3) is 2.34. The Bertz CT molecular complexity index is 423. The summed E-state index contributed by atoms with van der Waals surface area (Å²) in [6.45, 7) is -0.0803. The van der Waals surface area contributed by atoms with Gasteiger partial charge in [-0.05, 0) is 18.9 Å². The molecule has 0 saturated carbocycles. The largest absolute Gasteiger partial charge is 0.397 e. The van der Waals surface area contributed by atoms with E-state index < -0.39 is 4.92 Å². The van der Waals surface area contributed by atoms with Crippen LogP contribution in [-0.2, 0) is 6.42 Å². The average Bonchev–Trinajstić information content (AvgIpc) is 2.20. The Morgan fingerprint density at radius 1 is 1.50 bits per heavy atom. The lowest BCUT2D eigenvalue weighted by atomic mass is 10.0. The molecule has 7 heteroatoms. The Morgan fingerprint density at radius 2 is 2.12 bits per heavy atom. The molecule has 0 atom stereocenters. The highest BCUT2D eigenvalue weighted by molar-refractivity contribution is 6.33. The third-order valence-corrected chi connectivity index (χ3v) is 2.50. The van der Waals surface area contributed by atoms with Crippen molar-refractivity contribution in [2.45, 2.75) is 12.8 Å². The standard InChI is InChI=1S/C9H12ClN3O3/c10-6-4-7(11)9(13(15)16)5(8(6)12)2-1-3-14/h4,14H,1-3,11-12H2. The number of nitrogens with zero attached hydrogens (tertiary/aromatic N) is 1. The van der Waals surface area contributed by atoms with Crippen molar-refractivity contribution in [1.29, 1.82) is 0 Å². The highest BCUT2D eigenvalue weighted by Gasteiger charge is 2.22. The van der Waals surface area contributed by atoms with Gasteiger partial charge in [0.2, 0.25) is 0 Å². The van der Waals surface area contributed by atoms with Gasteiger partial charge in [-0.3, -0.25) is 10.1 Å². The highest BCUT2D eigenvalue weighted by Crippen LogP contribution is 2.37. The molecular weight excluding hydrogens is 234 g/mol. The zero-order valence-corrected chi connectivity index (χ0v) is 9.20. The zero-order valence-electron chi connectivity index (χ0n) is 8.44. The molecule has 0 aromatic heterocycles. The highest BCUT2D eigenvalue weighted by atomic mass is 35.5. The van der Waals surface area contributed by atoms with E-state index in [9.17, 15) is 10.1 Å². The van der Waals surface area contributed by atoms with Crippen LogP contribution in [0.2, 0.25) is 5.02 Å². The maximum absolute atomic E-state index is 10.8. The summed E-state index contributed by atoms with van der Waals surface area (Å²) in [4.78, 5) is 10.2. The smallest absolute Gasteiger partial charge is 0.297 e. The van der Waals surface area contributed by atoms with E-state index in [1.165, 1.54) is 6.07 Å². The van der Waals surface area contributed by atoms with E-state index in [1.807, 2.05) is 0 Å². The molecule has 88 valence electrons. The van der Waals surface area contributed by atoms with E-state index in [0.29, 0.717) is 6.42 Å². The molecule has 0 aliphatic heterocycles. The van der Waals surface area contributed by atoms with E-state index >= 15 is 0 Å². The van der Waals surface area contributed by atoms with Crippen molar-refractivity contribution in [3.8, 4) is 0 Å². The van der Waals surface area contributed by atoms with Gasteiger partial charge in [0.1, 0.15) is 5.69 Å². The predicted molar refractivity (Wildman–Crippen MR) is 62.3 cm³/mol. The van der Waals surface area contributed by atoms with Crippen LogP contribution in [0.3, 0.4) is 0 Å². The molecule has 0 aliphatic rings. The van der Waals surface area contributed by atoms with Gasteiger partial charge >= 0.3 is 0 Å². The molecule has 0 saturated heterocycles. The van der Waals surface area contributed by atoms with Gasteiger partial charge in [0.15, 0.2) is 0 Å². The number of nitrogen functional groups attached to an aromatic ring is 2. The van der Waals surface area contributed by atoms with E-state index in [-0.39, 0.29) is 40.7 Å². The Morgan fingerprint density at radius 3 is 2.62 bits per heavy atom. The SMILES string of the molecule is Nc1cc(Cl)c(N)c(CCCO)c1[N+](=O)[O-]. The summed E-state index contributed by atoms with van der Waals surface area (Å²) in [5.74, 6) is 0. The van der Waals surface area contributed by atoms with Crippen molar-refractivity contribution in [2.75, 3.05) is 18.1 Å². The maximum Gasteiger partial charge on any atom is 0.297 e. The first-order valence-corrected chi connectivity index (χ1v) is 4.98. The topological polar surface area (TPSA) is 115 Å². The molecule has 0 fully saturated rings. The fourth-order valence-electron chi connectivity index (χ4n) is 1.45. The van der Waals surface area contributed by atoms with Gasteiger partial charge in [0.25, 0.3) is 5.69 Å². The normalized spacial score (nSPS) is 10.4. The van der Waals surface area contributed by atoms with Crippen LogP contribution >= 0.6 is 11.6 Å². The molecule has 0 amide bonds. The predicted octanol–water partition coefficient (Wildman–Crippen LogP) is 1.34. The molecule has 6 nitrogen and oxygen atoms in total. The number of nitrogens with two attached hydrogens (primary N) is 2. The van der Waals surface area contributed by atoms with E-state index in [4.69, 9.17) is 28.2 Å². The number of aliphatic hydroxyl groups is 1. The molecule has 0 heterocycles. The van der Waals surface area contributed by atoms with Crippen LogP contribution in [0.15, 0.2) is 6.07 Å². The Hall–Kier alpha value is -1.53. The summed E-state index contributed by atoms with van der Waals surface area (Å²) in [5, 5.41) is 19.7. The van der Waals surface area contributed by atoms with E-state index in [2.05, 4.69) is 0 Å². The Balaban J connectivity index is 3.33. The van der Waals surface area contributed by atoms with Crippen LogP contribution in [0.1, 0.15) is 12.0 Å². The van der Waals surface area contributed by atoms with Crippen LogP contribution in [-0.4, -0.2) is 16.6 Å². The van der Waals surface area contributed by atoms with Crippen LogP contribution < -0.4 is 11.5 Å². The lowest BCUT2D eigenvalue weighted by molar-refractivity contribution is -0.384. The second kappa shape index (κ2) is 5.00. The van der Waals surface area contributed by atoms with Crippen molar-refractivity contribution >= 4 is 28.7 Å². The monoisotopic (exact) mass is 245 g/mol. The molecule has 5 N–H and O–H groups in total. The quantitative estimate of drug-likeness (QED) is 0.421. The number of aliphatic hydroxyl groups excluding tert-OH is 1. The minimum Gasteiger partial charge on any atom is -0.397 e. The van der Waals surface area contributed by atoms with Gasteiger partial charge in [0.05, 0.1) is 21.2 Å². The molecule has 0 spiro atoms. The molecule has 0 aliphatic carbocycles. The van der Waals surface area contributed by atoms with Crippen LogP contribution in [0, 0.1) is 10.1 Å². The van der Waals surface area contributed by atoms with Crippen molar-refractivity contribution in [3.05, 3.63) is 26.8 Å². The van der Waals surface area contributed by atoms with Crippen LogP contribution in [0.4, 0.5) is 17.1 Å². The van der Waals surface area contributed by atoms with Gasteiger partial charge in [-0.1, -0.05) is 11.6 Å². The second-order valence-corrected chi connectivity index (χ2v) is 3.68. The molecule has 0 bridgehead atoms. The third-order valence-electron chi connectivity index (χ3n) is 2.19. The summed E-state index contributed by atoms with van der Waals surface area (Å²) in [7, 11) is 0. The first kappa shape index (κ1) is 12.5. The number of halogens is 1. The number of hydrogen-bond donors (Lipinski definition) is 3. The Labute approximate surface area is 97.0 Å². The fourth-order valence-corrected chi connectivity index (χ4v) is 1.68. The van der Waals surface area contributed by atoms with Crippen molar-refractivity contribution in [2.24, 2.45) is 0 Å². The number of rotatable bonds is 4. The first-order valence-electron chi connectivity index (χ1n) is 4.60. The number of anilines is 2. The lowest BCUT2D eigenvalue weighted by Crippen LogP contribution is -2.06. The van der Waals surface area contributed by atoms with Crippen molar-refractivity contribution in [3.63, 3.8) is 0 Å². The molecule has 0 radical (unpaired) electrons. The van der Waals surface area contributed by atoms with Gasteiger partial charge in [-0.15, -0.1) is 0 Å². The summed E-state index contributed by atoms with van der Waals surface area (Å²) in [6.07, 6.45) is 0.633. The summed E-state index contributed by atoms with van der Waals surface area (Å²) >= 11 is 5.78. The van der Waals surface area contributed by atoms with Gasteiger partial charge in [0, 0.05) is 6.61 Å². The number of benzene rings is 1. The minimum absolute atomic E-state index is 0.0165. The summed E-state index contributed by atoms with van der Waals surface area (Å²) in [5.41, 5.74) is 11.4. The second-order valence-electron chi connectivity index (χ2n) is 3.27. The average molecular weight is 246 g/mol. The molecule has 1 rings (SSSR count). The Kier molecular flexibility index (Phi) is 3.92. The summed E-state index contributed by atoms with van der Waals surface area (Å²) < 4.78 is 0. The van der Waals surface area contributed by atoms with Gasteiger partial charge in [-0.25, -0.2) is 0 Å². The number of nitro benzene ring substituents is 1. The van der Waals surface area contributed by atoms with Crippen LogP contribution in [0.5, 0.6) is 0 Å². The molecule has 0 unspecified atom stereocenters. The minimum atomic E-state index is -0.589. The van der Waals surface area contributed by atoms with E-state index in [1.54, 1.807) is 0 Å². The van der Waals surface area contributed by atoms with Crippen molar-refractivity contribution in [1.82, 2.24) is 0 Å². The van der Waals surface area contributed by atoms with Gasteiger partial charge < -0.3 is 16.6 Å². The van der Waals surface area contributed by atoms with Gasteiger partial charge in [-0.2, -0.15) is 0 Å². The van der Waals surface area contributed by atoms with Crippen molar-refractivity contribution < 1.29 is 10.0 Å². The first-order chi connectivity index (χ1) is 7.49. The van der Waals surface area contributed by atoms with E-state index in [0.717, 1.165) is 0 Å². The summed E-state index contributed by atoms with van der Waals surface area (Å²) in [6, 6.07) is 1.26. The lowest BCUT2D eigenvalue weighted by Gasteiger charge is -2.09. The maximum atomic E-state index is 10.8.